The van der Waals surface area contributed by atoms with Gasteiger partial charge in [0.2, 0.25) is 0 Å². The Kier molecular flexibility index (Phi) is 4.19. The highest BCUT2D eigenvalue weighted by Crippen LogP contribution is 2.26. The summed E-state index contributed by atoms with van der Waals surface area (Å²) in [6.45, 7) is 0.0346. The van der Waals surface area contributed by atoms with Crippen LogP contribution >= 0.6 is 11.3 Å². The predicted octanol–water partition coefficient (Wildman–Crippen LogP) is 0.256. The largest absolute Gasteiger partial charge is 0.477 e. The molecule has 1 saturated heterocycles. The second-order valence-corrected chi connectivity index (χ2v) is 9.89. The number of thiophene rings is 1. The first-order chi connectivity index (χ1) is 9.22. The van der Waals surface area contributed by atoms with E-state index in [0.717, 1.165) is 4.31 Å². The summed E-state index contributed by atoms with van der Waals surface area (Å²) in [6, 6.07) is 2.47. The molecule has 7 nitrogen and oxygen atoms in total. The van der Waals surface area contributed by atoms with Crippen molar-refractivity contribution in [3.63, 3.8) is 0 Å². The van der Waals surface area contributed by atoms with Gasteiger partial charge in [-0.1, -0.05) is 0 Å². The maximum Gasteiger partial charge on any atom is 0.345 e. The van der Waals surface area contributed by atoms with Crippen LogP contribution in [0.1, 0.15) is 16.1 Å². The van der Waals surface area contributed by atoms with Crippen molar-refractivity contribution in [1.29, 1.82) is 0 Å². The second kappa shape index (κ2) is 5.43. The van der Waals surface area contributed by atoms with Crippen LogP contribution in [-0.2, 0) is 19.9 Å². The molecule has 1 aliphatic rings. The number of aromatic carboxylic acids is 1. The molecule has 112 valence electrons. The Labute approximate surface area is 120 Å². The maximum absolute atomic E-state index is 12.3. The zero-order valence-electron chi connectivity index (χ0n) is 10.4. The molecule has 0 aromatic carbocycles. The highest BCUT2D eigenvalue weighted by molar-refractivity contribution is 7.92. The van der Waals surface area contributed by atoms with Gasteiger partial charge in [-0.15, -0.1) is 11.3 Å². The van der Waals surface area contributed by atoms with Crippen molar-refractivity contribution in [2.45, 2.75) is 10.6 Å². The molecule has 1 aliphatic heterocycles. The third-order valence-corrected chi connectivity index (χ3v) is 8.06. The van der Waals surface area contributed by atoms with Crippen molar-refractivity contribution >= 4 is 37.2 Å². The molecule has 0 atom stereocenters. The quantitative estimate of drug-likeness (QED) is 0.846. The topological polar surface area (TPSA) is 109 Å². The molecule has 1 aromatic heterocycles. The zero-order chi connectivity index (χ0) is 15.0. The van der Waals surface area contributed by atoms with E-state index >= 15 is 0 Å². The van der Waals surface area contributed by atoms with E-state index in [1.165, 1.54) is 12.1 Å². The number of nitrogens with zero attached hydrogens (tertiary/aromatic N) is 1. The van der Waals surface area contributed by atoms with Gasteiger partial charge in [-0.25, -0.2) is 21.6 Å². The van der Waals surface area contributed by atoms with Gasteiger partial charge in [-0.05, 0) is 18.6 Å². The Bertz CT molecular complexity index is 718. The van der Waals surface area contributed by atoms with Gasteiger partial charge in [0, 0.05) is 13.1 Å². The van der Waals surface area contributed by atoms with E-state index < -0.39 is 25.8 Å². The summed E-state index contributed by atoms with van der Waals surface area (Å²) < 4.78 is 48.7. The number of rotatable bonds is 3. The number of carboxylic acids is 1. The zero-order valence-corrected chi connectivity index (χ0v) is 12.8. The summed E-state index contributed by atoms with van der Waals surface area (Å²) in [4.78, 5) is 10.7. The molecule has 1 aromatic rings. The number of carbonyl (C=O) groups is 1. The lowest BCUT2D eigenvalue weighted by molar-refractivity contribution is 0.0702. The van der Waals surface area contributed by atoms with Crippen molar-refractivity contribution in [3.8, 4) is 0 Å². The van der Waals surface area contributed by atoms with Crippen LogP contribution in [-0.4, -0.2) is 56.8 Å². The summed E-state index contributed by atoms with van der Waals surface area (Å²) in [5.41, 5.74) is 0. The van der Waals surface area contributed by atoms with Crippen molar-refractivity contribution in [2.24, 2.45) is 0 Å². The van der Waals surface area contributed by atoms with Crippen molar-refractivity contribution < 1.29 is 26.7 Å². The van der Waals surface area contributed by atoms with E-state index in [1.54, 1.807) is 0 Å². The maximum atomic E-state index is 12.3. The molecule has 0 aliphatic carbocycles. The number of sulfonamides is 1. The van der Waals surface area contributed by atoms with Crippen LogP contribution in [0.5, 0.6) is 0 Å². The Hall–Kier alpha value is -0.970. The fourth-order valence-electron chi connectivity index (χ4n) is 1.86. The Morgan fingerprint density at radius 1 is 1.25 bits per heavy atom. The summed E-state index contributed by atoms with van der Waals surface area (Å²) in [6.07, 6.45) is 0.249. The molecule has 1 N–H and O–H groups in total. The lowest BCUT2D eigenvalue weighted by Gasteiger charge is -2.17. The average molecular weight is 339 g/mol. The monoisotopic (exact) mass is 339 g/mol. The second-order valence-electron chi connectivity index (χ2n) is 4.33. The molecule has 0 bridgehead atoms. The smallest absolute Gasteiger partial charge is 0.345 e. The lowest BCUT2D eigenvalue weighted by Crippen LogP contribution is -2.33. The van der Waals surface area contributed by atoms with Gasteiger partial charge >= 0.3 is 5.97 Å². The standard InChI is InChI=1S/C10H13NO6S3/c12-10(13)8-2-3-9(18-8)20(16,17)11-4-1-6-19(14,15)7-5-11/h2-3H,1,4-7H2,(H,12,13). The Morgan fingerprint density at radius 3 is 2.55 bits per heavy atom. The minimum Gasteiger partial charge on any atom is -0.477 e. The molecule has 20 heavy (non-hydrogen) atoms. The first-order valence-corrected chi connectivity index (χ1v) is 9.84. The summed E-state index contributed by atoms with van der Waals surface area (Å²) in [5.74, 6) is -1.41. The van der Waals surface area contributed by atoms with E-state index in [9.17, 15) is 21.6 Å². The van der Waals surface area contributed by atoms with Gasteiger partial charge in [0.1, 0.15) is 9.09 Å². The number of hydrogen-bond acceptors (Lipinski definition) is 6. The van der Waals surface area contributed by atoms with E-state index in [1.807, 2.05) is 0 Å². The van der Waals surface area contributed by atoms with Gasteiger partial charge < -0.3 is 5.11 Å². The first kappa shape index (κ1) is 15.4. The summed E-state index contributed by atoms with van der Waals surface area (Å²) in [7, 11) is -7.02. The highest BCUT2D eigenvalue weighted by Gasteiger charge is 2.30. The van der Waals surface area contributed by atoms with Crippen LogP contribution in [0.3, 0.4) is 0 Å². The fraction of sp³-hybridized carbons (Fsp3) is 0.500. The Balaban J connectivity index is 2.27. The van der Waals surface area contributed by atoms with E-state index in [2.05, 4.69) is 0 Å². The molecule has 2 rings (SSSR count). The van der Waals surface area contributed by atoms with Crippen molar-refractivity contribution in [1.82, 2.24) is 4.31 Å². The van der Waals surface area contributed by atoms with Crippen LogP contribution in [0, 0.1) is 0 Å². The van der Waals surface area contributed by atoms with Crippen LogP contribution < -0.4 is 0 Å². The first-order valence-electron chi connectivity index (χ1n) is 5.76. The molecule has 2 heterocycles. The average Bonchev–Trinajstić information content (AvgIpc) is 2.76. The van der Waals surface area contributed by atoms with Gasteiger partial charge in [-0.2, -0.15) is 4.31 Å². The van der Waals surface area contributed by atoms with Crippen LogP contribution in [0.4, 0.5) is 0 Å². The fourth-order valence-corrected chi connectivity index (χ4v) is 6.02. The minimum absolute atomic E-state index is 0.0240. The molecule has 1 fully saturated rings. The third kappa shape index (κ3) is 3.19. The molecular weight excluding hydrogens is 326 g/mol. The van der Waals surface area contributed by atoms with Crippen LogP contribution in [0.25, 0.3) is 0 Å². The summed E-state index contributed by atoms with van der Waals surface area (Å²) >= 11 is 0.670. The minimum atomic E-state index is -3.82. The van der Waals surface area contributed by atoms with E-state index in [4.69, 9.17) is 5.11 Å². The van der Waals surface area contributed by atoms with Crippen molar-refractivity contribution in [2.75, 3.05) is 24.6 Å². The van der Waals surface area contributed by atoms with Gasteiger partial charge in [0.15, 0.2) is 9.84 Å². The summed E-state index contributed by atoms with van der Waals surface area (Å²) in [5, 5.41) is 8.81. The number of sulfone groups is 1. The van der Waals surface area contributed by atoms with Gasteiger partial charge in [0.25, 0.3) is 10.0 Å². The van der Waals surface area contributed by atoms with Crippen molar-refractivity contribution in [3.05, 3.63) is 17.0 Å². The normalized spacial score (nSPS) is 20.4. The third-order valence-electron chi connectivity index (χ3n) is 2.90. The van der Waals surface area contributed by atoms with E-state index in [-0.39, 0.29) is 40.1 Å². The predicted molar refractivity (Wildman–Crippen MR) is 73.3 cm³/mol. The van der Waals surface area contributed by atoms with E-state index in [0.29, 0.717) is 11.3 Å². The number of hydrogen-bond donors (Lipinski definition) is 1. The molecule has 10 heteroatoms. The van der Waals surface area contributed by atoms with Crippen LogP contribution in [0.15, 0.2) is 16.3 Å². The molecule has 0 saturated carbocycles. The highest BCUT2D eigenvalue weighted by atomic mass is 32.2. The molecular formula is C10H13NO6S3. The SMILES string of the molecule is O=C(O)c1ccc(S(=O)(=O)N2CCCS(=O)(=O)CC2)s1. The van der Waals surface area contributed by atoms with Crippen LogP contribution in [0.2, 0.25) is 0 Å². The molecule has 0 radical (unpaired) electrons. The molecule has 0 amide bonds. The van der Waals surface area contributed by atoms with Gasteiger partial charge in [0.05, 0.1) is 11.5 Å². The lowest BCUT2D eigenvalue weighted by atomic mass is 10.5. The molecule has 0 unspecified atom stereocenters. The number of carboxylic acid groups (broad SMARTS) is 1. The van der Waals surface area contributed by atoms with Gasteiger partial charge in [-0.3, -0.25) is 0 Å². The Morgan fingerprint density at radius 2 is 1.95 bits per heavy atom. The molecule has 0 spiro atoms.